The van der Waals surface area contributed by atoms with Crippen molar-refractivity contribution in [2.24, 2.45) is 0 Å². The maximum Gasteiger partial charge on any atom is 0.255 e. The molecule has 0 bridgehead atoms. The molecular formula is C14H10Br2ClNO2. The number of ether oxygens (including phenoxy) is 1. The summed E-state index contributed by atoms with van der Waals surface area (Å²) in [7, 11) is 1.59. The van der Waals surface area contributed by atoms with Gasteiger partial charge in [-0.15, -0.1) is 0 Å². The quantitative estimate of drug-likeness (QED) is 0.749. The van der Waals surface area contributed by atoms with Gasteiger partial charge in [-0.1, -0.05) is 27.5 Å². The average Bonchev–Trinajstić information content (AvgIpc) is 2.37. The summed E-state index contributed by atoms with van der Waals surface area (Å²) in [4.78, 5) is 12.1. The number of nitrogens with one attached hydrogen (secondary N) is 1. The van der Waals surface area contributed by atoms with E-state index in [0.29, 0.717) is 22.0 Å². The van der Waals surface area contributed by atoms with E-state index in [4.69, 9.17) is 16.3 Å². The Morgan fingerprint density at radius 3 is 2.55 bits per heavy atom. The summed E-state index contributed by atoms with van der Waals surface area (Å²) in [6.07, 6.45) is 0. The van der Waals surface area contributed by atoms with Crippen molar-refractivity contribution in [3.63, 3.8) is 0 Å². The van der Waals surface area contributed by atoms with Crippen LogP contribution in [-0.2, 0) is 0 Å². The lowest BCUT2D eigenvalue weighted by Gasteiger charge is -2.09. The molecule has 0 atom stereocenters. The van der Waals surface area contributed by atoms with Gasteiger partial charge in [-0.3, -0.25) is 4.79 Å². The van der Waals surface area contributed by atoms with Gasteiger partial charge in [-0.25, -0.2) is 0 Å². The molecule has 2 aromatic carbocycles. The molecular weight excluding hydrogens is 409 g/mol. The zero-order valence-corrected chi connectivity index (χ0v) is 14.3. The summed E-state index contributed by atoms with van der Waals surface area (Å²) in [6, 6.07) is 10.4. The third-order valence-corrected chi connectivity index (χ3v) is 3.83. The molecule has 0 aromatic heterocycles. The number of carbonyl (C=O) groups excluding carboxylic acids is 1. The minimum Gasteiger partial charge on any atom is -0.496 e. The molecule has 0 fully saturated rings. The van der Waals surface area contributed by atoms with E-state index in [2.05, 4.69) is 37.2 Å². The molecule has 20 heavy (non-hydrogen) atoms. The monoisotopic (exact) mass is 417 g/mol. The lowest BCUT2D eigenvalue weighted by molar-refractivity contribution is 0.102. The van der Waals surface area contributed by atoms with E-state index < -0.39 is 0 Å². The van der Waals surface area contributed by atoms with Crippen molar-refractivity contribution < 1.29 is 9.53 Å². The number of benzene rings is 2. The number of halogens is 3. The van der Waals surface area contributed by atoms with Gasteiger partial charge in [-0.05, 0) is 52.3 Å². The third-order valence-electron chi connectivity index (χ3n) is 2.53. The molecule has 0 aliphatic heterocycles. The van der Waals surface area contributed by atoms with Crippen LogP contribution < -0.4 is 10.1 Å². The van der Waals surface area contributed by atoms with Gasteiger partial charge < -0.3 is 10.1 Å². The predicted molar refractivity (Wildman–Crippen MR) is 87.8 cm³/mol. The van der Waals surface area contributed by atoms with Crippen LogP contribution in [-0.4, -0.2) is 13.0 Å². The molecule has 1 amide bonds. The Morgan fingerprint density at radius 2 is 1.95 bits per heavy atom. The van der Waals surface area contributed by atoms with Crippen LogP contribution in [0.4, 0.5) is 5.69 Å². The number of amides is 1. The van der Waals surface area contributed by atoms with E-state index in [1.165, 1.54) is 0 Å². The van der Waals surface area contributed by atoms with Crippen LogP contribution in [0.5, 0.6) is 5.75 Å². The molecule has 0 radical (unpaired) electrons. The van der Waals surface area contributed by atoms with E-state index in [1.807, 2.05) is 0 Å². The van der Waals surface area contributed by atoms with Crippen molar-refractivity contribution in [2.75, 3.05) is 12.4 Å². The molecule has 104 valence electrons. The highest BCUT2D eigenvalue weighted by Gasteiger charge is 2.09. The van der Waals surface area contributed by atoms with Crippen molar-refractivity contribution in [3.8, 4) is 5.75 Å². The lowest BCUT2D eigenvalue weighted by atomic mass is 10.2. The summed E-state index contributed by atoms with van der Waals surface area (Å²) in [6.45, 7) is 0. The summed E-state index contributed by atoms with van der Waals surface area (Å²) in [5.74, 6) is 0.471. The fraction of sp³-hybridized carbons (Fsp3) is 0.0714. The van der Waals surface area contributed by atoms with Gasteiger partial charge in [0.15, 0.2) is 0 Å². The highest BCUT2D eigenvalue weighted by atomic mass is 79.9. The molecule has 0 aliphatic rings. The van der Waals surface area contributed by atoms with Crippen LogP contribution in [0, 0.1) is 0 Å². The number of anilines is 1. The molecule has 2 aromatic rings. The molecule has 0 aliphatic carbocycles. The minimum absolute atomic E-state index is 0.231. The Kier molecular flexibility index (Phi) is 5.07. The predicted octanol–water partition coefficient (Wildman–Crippen LogP) is 5.13. The SMILES string of the molecule is COc1ccc(NC(=O)c2cc(Cl)cc(Br)c2)cc1Br. The van der Waals surface area contributed by atoms with Gasteiger partial charge in [0.05, 0.1) is 11.6 Å². The van der Waals surface area contributed by atoms with Crippen molar-refractivity contribution in [2.45, 2.75) is 0 Å². The van der Waals surface area contributed by atoms with Crippen molar-refractivity contribution in [1.29, 1.82) is 0 Å². The van der Waals surface area contributed by atoms with Crippen LogP contribution in [0.15, 0.2) is 45.3 Å². The molecule has 0 saturated heterocycles. The summed E-state index contributed by atoms with van der Waals surface area (Å²) in [5.41, 5.74) is 1.15. The highest BCUT2D eigenvalue weighted by Crippen LogP contribution is 2.28. The second-order valence-corrected chi connectivity index (χ2v) is 6.17. The molecule has 0 saturated carbocycles. The van der Waals surface area contributed by atoms with E-state index in [-0.39, 0.29) is 5.91 Å². The first kappa shape index (κ1) is 15.4. The smallest absolute Gasteiger partial charge is 0.255 e. The Morgan fingerprint density at radius 1 is 1.20 bits per heavy atom. The lowest BCUT2D eigenvalue weighted by Crippen LogP contribution is -2.11. The molecule has 2 rings (SSSR count). The molecule has 0 spiro atoms. The fourth-order valence-electron chi connectivity index (χ4n) is 1.63. The van der Waals surface area contributed by atoms with Crippen LogP contribution in [0.2, 0.25) is 5.02 Å². The van der Waals surface area contributed by atoms with Crippen LogP contribution >= 0.6 is 43.5 Å². The average molecular weight is 420 g/mol. The molecule has 1 N–H and O–H groups in total. The van der Waals surface area contributed by atoms with Crippen molar-refractivity contribution in [3.05, 3.63) is 55.9 Å². The zero-order chi connectivity index (χ0) is 14.7. The topological polar surface area (TPSA) is 38.3 Å². The van der Waals surface area contributed by atoms with Gasteiger partial charge in [0, 0.05) is 20.7 Å². The van der Waals surface area contributed by atoms with Gasteiger partial charge in [0.1, 0.15) is 5.75 Å². The van der Waals surface area contributed by atoms with Gasteiger partial charge >= 0.3 is 0 Å². The maximum absolute atomic E-state index is 12.1. The molecule has 0 heterocycles. The number of rotatable bonds is 3. The number of carbonyl (C=O) groups is 1. The highest BCUT2D eigenvalue weighted by molar-refractivity contribution is 9.10. The Balaban J connectivity index is 2.21. The third kappa shape index (κ3) is 3.75. The molecule has 6 heteroatoms. The fourth-order valence-corrected chi connectivity index (χ4v) is 3.03. The normalized spacial score (nSPS) is 10.2. The Labute approximate surface area is 138 Å². The Bertz CT molecular complexity index is 641. The van der Waals surface area contributed by atoms with E-state index >= 15 is 0 Å². The van der Waals surface area contributed by atoms with Crippen LogP contribution in [0.1, 0.15) is 10.4 Å². The van der Waals surface area contributed by atoms with Crippen molar-refractivity contribution >= 4 is 55.1 Å². The second-order valence-electron chi connectivity index (χ2n) is 3.96. The van der Waals surface area contributed by atoms with E-state index in [0.717, 1.165) is 8.95 Å². The van der Waals surface area contributed by atoms with E-state index in [1.54, 1.807) is 43.5 Å². The van der Waals surface area contributed by atoms with E-state index in [9.17, 15) is 4.79 Å². The largest absolute Gasteiger partial charge is 0.496 e. The number of hydrogen-bond acceptors (Lipinski definition) is 2. The summed E-state index contributed by atoms with van der Waals surface area (Å²) >= 11 is 12.6. The first-order valence-corrected chi connectivity index (χ1v) is 7.57. The minimum atomic E-state index is -0.231. The second kappa shape index (κ2) is 6.61. The molecule has 3 nitrogen and oxygen atoms in total. The van der Waals surface area contributed by atoms with Gasteiger partial charge in [0.2, 0.25) is 0 Å². The van der Waals surface area contributed by atoms with Crippen LogP contribution in [0.3, 0.4) is 0 Å². The van der Waals surface area contributed by atoms with Gasteiger partial charge in [-0.2, -0.15) is 0 Å². The zero-order valence-electron chi connectivity index (χ0n) is 10.4. The van der Waals surface area contributed by atoms with Crippen LogP contribution in [0.25, 0.3) is 0 Å². The first-order valence-electron chi connectivity index (χ1n) is 5.60. The van der Waals surface area contributed by atoms with Gasteiger partial charge in [0.25, 0.3) is 5.91 Å². The van der Waals surface area contributed by atoms with Crippen molar-refractivity contribution in [1.82, 2.24) is 0 Å². The number of methoxy groups -OCH3 is 1. The summed E-state index contributed by atoms with van der Waals surface area (Å²) in [5, 5.41) is 3.30. The first-order chi connectivity index (χ1) is 9.49. The maximum atomic E-state index is 12.1. The molecule has 0 unspecified atom stereocenters. The summed E-state index contributed by atoms with van der Waals surface area (Å²) < 4.78 is 6.66. The Hall–Kier alpha value is -1.04. The standard InChI is InChI=1S/C14H10Br2ClNO2/c1-20-13-3-2-11(7-12(13)16)18-14(19)8-4-9(15)6-10(17)5-8/h2-7H,1H3,(H,18,19). The number of hydrogen-bond donors (Lipinski definition) is 1.